The first-order valence-corrected chi connectivity index (χ1v) is 3.12. The molecule has 50 valence electrons. The van der Waals surface area contributed by atoms with Crippen molar-refractivity contribution in [3.63, 3.8) is 0 Å². The zero-order chi connectivity index (χ0) is 6.69. The molecule has 0 aliphatic heterocycles. The van der Waals surface area contributed by atoms with Gasteiger partial charge in [-0.2, -0.15) is 0 Å². The minimum Gasteiger partial charge on any atom is -0.396 e. The Labute approximate surface area is 54.2 Å². The smallest absolute Gasteiger partial charge is 0.137 e. The predicted octanol–water partition coefficient (Wildman–Crippen LogP) is 0.514. The predicted molar refractivity (Wildman–Crippen MR) is 34.0 cm³/mol. The summed E-state index contributed by atoms with van der Waals surface area (Å²) in [6.07, 6.45) is 4.80. The van der Waals surface area contributed by atoms with Gasteiger partial charge in [0.1, 0.15) is 5.78 Å². The number of aliphatic hydroxyl groups excluding tert-OH is 1. The minimum absolute atomic E-state index is 0.0891. The number of hydrogen-bond donors (Lipinski definition) is 1. The van der Waals surface area contributed by atoms with Gasteiger partial charge in [-0.25, -0.2) is 0 Å². The van der Waals surface area contributed by atoms with Gasteiger partial charge in [0.05, 0.1) is 0 Å². The Kier molecular flexibility index (Phi) is 2.01. The summed E-state index contributed by atoms with van der Waals surface area (Å²) in [6.45, 7) is 0.0994. The highest BCUT2D eigenvalue weighted by molar-refractivity contribution is 5.81. The van der Waals surface area contributed by atoms with E-state index in [1.807, 2.05) is 12.2 Å². The van der Waals surface area contributed by atoms with E-state index < -0.39 is 0 Å². The van der Waals surface area contributed by atoms with Crippen LogP contribution in [0.2, 0.25) is 0 Å². The molecule has 1 unspecified atom stereocenters. The lowest BCUT2D eigenvalue weighted by atomic mass is 9.96. The van der Waals surface area contributed by atoms with E-state index in [2.05, 4.69) is 0 Å². The van der Waals surface area contributed by atoms with Crippen molar-refractivity contribution in [2.24, 2.45) is 5.92 Å². The highest BCUT2D eigenvalue weighted by Gasteiger charge is 2.12. The highest BCUT2D eigenvalue weighted by atomic mass is 16.3. The molecular weight excluding hydrogens is 116 g/mol. The van der Waals surface area contributed by atoms with Crippen LogP contribution in [0.1, 0.15) is 12.8 Å². The zero-order valence-corrected chi connectivity index (χ0v) is 5.21. The van der Waals surface area contributed by atoms with E-state index in [0.717, 1.165) is 0 Å². The van der Waals surface area contributed by atoms with Crippen LogP contribution in [0.5, 0.6) is 0 Å². The van der Waals surface area contributed by atoms with Crippen LogP contribution >= 0.6 is 0 Å². The van der Waals surface area contributed by atoms with Gasteiger partial charge in [0.25, 0.3) is 0 Å². The number of rotatable bonds is 1. The number of carbonyl (C=O) groups is 1. The molecule has 0 bridgehead atoms. The molecule has 0 saturated heterocycles. The number of allylic oxidation sites excluding steroid dienone is 1. The Morgan fingerprint density at radius 3 is 3.00 bits per heavy atom. The maximum absolute atomic E-state index is 10.7. The monoisotopic (exact) mass is 126 g/mol. The zero-order valence-electron chi connectivity index (χ0n) is 5.21. The van der Waals surface area contributed by atoms with Gasteiger partial charge in [0.2, 0.25) is 0 Å². The molecule has 0 fully saturated rings. The van der Waals surface area contributed by atoms with Crippen molar-refractivity contribution in [2.45, 2.75) is 12.8 Å². The summed E-state index contributed by atoms with van der Waals surface area (Å²) < 4.78 is 0. The maximum Gasteiger partial charge on any atom is 0.137 e. The normalized spacial score (nSPS) is 26.8. The summed E-state index contributed by atoms with van der Waals surface area (Å²) in [4.78, 5) is 10.7. The van der Waals surface area contributed by atoms with Gasteiger partial charge in [-0.15, -0.1) is 0 Å². The molecule has 1 rings (SSSR count). The fourth-order valence-electron chi connectivity index (χ4n) is 0.961. The van der Waals surface area contributed by atoms with Gasteiger partial charge < -0.3 is 5.11 Å². The fourth-order valence-corrected chi connectivity index (χ4v) is 0.961. The molecule has 0 aromatic rings. The second kappa shape index (κ2) is 2.78. The third kappa shape index (κ3) is 1.64. The second-order valence-electron chi connectivity index (χ2n) is 2.32. The largest absolute Gasteiger partial charge is 0.396 e. The number of hydrogen-bond acceptors (Lipinski definition) is 2. The number of ketones is 1. The molecule has 1 aliphatic carbocycles. The summed E-state index contributed by atoms with van der Waals surface area (Å²) in [5, 5.41) is 8.61. The van der Waals surface area contributed by atoms with E-state index in [9.17, 15) is 4.79 Å². The lowest BCUT2D eigenvalue weighted by molar-refractivity contribution is -0.119. The maximum atomic E-state index is 10.7. The molecule has 0 aromatic heterocycles. The average molecular weight is 126 g/mol. The van der Waals surface area contributed by atoms with Crippen LogP contribution < -0.4 is 0 Å². The topological polar surface area (TPSA) is 37.3 Å². The van der Waals surface area contributed by atoms with Crippen LogP contribution in [-0.4, -0.2) is 17.5 Å². The highest BCUT2D eigenvalue weighted by Crippen LogP contribution is 2.12. The molecule has 0 aromatic carbocycles. The van der Waals surface area contributed by atoms with Crippen molar-refractivity contribution in [1.29, 1.82) is 0 Å². The van der Waals surface area contributed by atoms with Crippen molar-refractivity contribution in [1.82, 2.24) is 0 Å². The third-order valence-electron chi connectivity index (χ3n) is 1.48. The van der Waals surface area contributed by atoms with Gasteiger partial charge in [0, 0.05) is 25.4 Å². The molecule has 1 N–H and O–H groups in total. The summed E-state index contributed by atoms with van der Waals surface area (Å²) in [7, 11) is 0. The molecular formula is C7H10O2. The van der Waals surface area contributed by atoms with Gasteiger partial charge in [0.15, 0.2) is 0 Å². The summed E-state index contributed by atoms with van der Waals surface area (Å²) in [5.74, 6) is 0.322. The van der Waals surface area contributed by atoms with Gasteiger partial charge in [-0.3, -0.25) is 4.79 Å². The quantitative estimate of drug-likeness (QED) is 0.520. The lowest BCUT2D eigenvalue weighted by Gasteiger charge is -2.10. The molecule has 1 atom stereocenters. The van der Waals surface area contributed by atoms with E-state index in [4.69, 9.17) is 5.11 Å². The molecule has 1 aliphatic rings. The summed E-state index contributed by atoms with van der Waals surface area (Å²) >= 11 is 0. The van der Waals surface area contributed by atoms with Crippen molar-refractivity contribution in [3.8, 4) is 0 Å². The fraction of sp³-hybridized carbons (Fsp3) is 0.571. The molecule has 2 nitrogen and oxygen atoms in total. The van der Waals surface area contributed by atoms with E-state index in [1.165, 1.54) is 0 Å². The summed E-state index contributed by atoms with van der Waals surface area (Å²) in [6, 6.07) is 0. The van der Waals surface area contributed by atoms with Crippen LogP contribution in [0.3, 0.4) is 0 Å². The van der Waals surface area contributed by atoms with Gasteiger partial charge in [-0.05, 0) is 0 Å². The van der Waals surface area contributed by atoms with Crippen molar-refractivity contribution in [3.05, 3.63) is 12.2 Å². The molecule has 0 heterocycles. The standard InChI is InChI=1S/C7H10O2/c8-5-6-2-1-3-7(9)4-6/h1-2,6,8H,3-5H2. The van der Waals surface area contributed by atoms with Crippen LogP contribution in [0, 0.1) is 5.92 Å². The Morgan fingerprint density at radius 2 is 2.56 bits per heavy atom. The molecule has 0 radical (unpaired) electrons. The first kappa shape index (κ1) is 6.49. The van der Waals surface area contributed by atoms with E-state index in [1.54, 1.807) is 0 Å². The second-order valence-corrected chi connectivity index (χ2v) is 2.32. The molecule has 0 saturated carbocycles. The average Bonchev–Trinajstić information content (AvgIpc) is 1.88. The van der Waals surface area contributed by atoms with E-state index >= 15 is 0 Å². The van der Waals surface area contributed by atoms with Gasteiger partial charge >= 0.3 is 0 Å². The lowest BCUT2D eigenvalue weighted by Crippen LogP contribution is -2.13. The first-order chi connectivity index (χ1) is 4.33. The van der Waals surface area contributed by atoms with Crippen LogP contribution in [-0.2, 0) is 4.79 Å². The summed E-state index contributed by atoms with van der Waals surface area (Å²) in [5.41, 5.74) is 0. The number of Topliss-reactive ketones (excluding diaryl/α,β-unsaturated/α-hetero) is 1. The molecule has 0 amide bonds. The van der Waals surface area contributed by atoms with Crippen molar-refractivity contribution >= 4 is 5.78 Å². The van der Waals surface area contributed by atoms with Crippen LogP contribution in [0.25, 0.3) is 0 Å². The van der Waals surface area contributed by atoms with Crippen LogP contribution in [0.15, 0.2) is 12.2 Å². The van der Waals surface area contributed by atoms with Crippen molar-refractivity contribution < 1.29 is 9.90 Å². The number of carbonyl (C=O) groups excluding carboxylic acids is 1. The Morgan fingerprint density at radius 1 is 1.78 bits per heavy atom. The van der Waals surface area contributed by atoms with E-state index in [0.29, 0.717) is 12.8 Å². The molecule has 2 heteroatoms. The van der Waals surface area contributed by atoms with E-state index in [-0.39, 0.29) is 18.3 Å². The number of aliphatic hydroxyl groups is 1. The molecule has 0 spiro atoms. The minimum atomic E-state index is 0.0891. The van der Waals surface area contributed by atoms with Gasteiger partial charge in [-0.1, -0.05) is 12.2 Å². The SMILES string of the molecule is O=C1CC=CC(CO)C1. The molecule has 9 heavy (non-hydrogen) atoms. The first-order valence-electron chi connectivity index (χ1n) is 3.12. The Hall–Kier alpha value is -0.630. The third-order valence-corrected chi connectivity index (χ3v) is 1.48. The van der Waals surface area contributed by atoms with Crippen LogP contribution in [0.4, 0.5) is 0 Å². The van der Waals surface area contributed by atoms with Crippen molar-refractivity contribution in [2.75, 3.05) is 6.61 Å². The Bertz CT molecular complexity index is 138. The Balaban J connectivity index is 2.49.